The number of aliphatic hydroxyl groups is 1. The average molecular weight is 374 g/mol. The second kappa shape index (κ2) is 6.62. The third-order valence-electron chi connectivity index (χ3n) is 3.14. The van der Waals surface area contributed by atoms with Crippen LogP contribution in [0.3, 0.4) is 0 Å². The van der Waals surface area contributed by atoms with Crippen LogP contribution in [0.5, 0.6) is 0 Å². The third kappa shape index (κ3) is 3.12. The molecule has 1 radical (unpaired) electrons. The summed E-state index contributed by atoms with van der Waals surface area (Å²) in [5.74, 6) is -1.59. The Morgan fingerprint density at radius 2 is 2.00 bits per heavy atom. The molecule has 6 nitrogen and oxygen atoms in total. The van der Waals surface area contributed by atoms with Gasteiger partial charge in [0.2, 0.25) is 5.60 Å². The van der Waals surface area contributed by atoms with Gasteiger partial charge in [-0.25, -0.2) is 13.2 Å². The molecule has 2 atom stereocenters. The average Bonchev–Trinajstić information content (AvgIpc) is 2.40. The van der Waals surface area contributed by atoms with Gasteiger partial charge < -0.3 is 14.9 Å². The second-order valence-corrected chi connectivity index (χ2v) is 6.47. The molecule has 1 aromatic carbocycles. The molecule has 1 heterocycles. The van der Waals surface area contributed by atoms with Gasteiger partial charge in [0.05, 0.1) is 6.61 Å². The Labute approximate surface area is 141 Å². The van der Waals surface area contributed by atoms with Crippen molar-refractivity contribution in [3.63, 3.8) is 0 Å². The van der Waals surface area contributed by atoms with Crippen molar-refractivity contribution < 1.29 is 60.9 Å². The minimum Gasteiger partial charge on any atom is -0.479 e. The summed E-state index contributed by atoms with van der Waals surface area (Å²) in [6, 6.07) is 8.18. The van der Waals surface area contributed by atoms with E-state index in [1.54, 1.807) is 0 Å². The zero-order valence-electron chi connectivity index (χ0n) is 10.5. The molecule has 0 bridgehead atoms. The van der Waals surface area contributed by atoms with Crippen LogP contribution in [0.15, 0.2) is 29.2 Å². The van der Waals surface area contributed by atoms with Crippen LogP contribution >= 0.6 is 0 Å². The van der Waals surface area contributed by atoms with E-state index in [4.69, 9.17) is 9.84 Å². The van der Waals surface area contributed by atoms with E-state index in [1.165, 1.54) is 24.3 Å². The number of carboxylic acid groups (broad SMARTS) is 1. The summed E-state index contributed by atoms with van der Waals surface area (Å²) >= 11 is 0. The Kier molecular flexibility index (Phi) is 5.86. The van der Waals surface area contributed by atoms with Gasteiger partial charge in [-0.15, -0.1) is 0 Å². The van der Waals surface area contributed by atoms with Crippen molar-refractivity contribution >= 4 is 15.8 Å². The van der Waals surface area contributed by atoms with Crippen LogP contribution in [-0.4, -0.2) is 48.7 Å². The topological polar surface area (TPSA) is 101 Å². The summed E-state index contributed by atoms with van der Waals surface area (Å²) in [6.45, 7) is -0.441. The molecule has 0 aliphatic carbocycles. The molecular weight excluding hydrogens is 361 g/mol. The van der Waals surface area contributed by atoms with E-state index in [0.29, 0.717) is 0 Å². The molecule has 2 rings (SSSR count). The maximum Gasteiger partial charge on any atom is 0.339 e. The van der Waals surface area contributed by atoms with Gasteiger partial charge in [-0.1, -0.05) is 0 Å². The summed E-state index contributed by atoms with van der Waals surface area (Å²) in [6.07, 6.45) is -0.0657. The van der Waals surface area contributed by atoms with E-state index in [-0.39, 0.29) is 50.6 Å². The van der Waals surface area contributed by atoms with Gasteiger partial charge in [0, 0.05) is 39.3 Å². The molecule has 0 spiro atoms. The summed E-state index contributed by atoms with van der Waals surface area (Å²) in [5, 5.41) is 17.7. The van der Waals surface area contributed by atoms with Gasteiger partial charge >= 0.3 is 5.97 Å². The standard InChI is InChI=1S/C12H13O6S.Y/c13-11(14)12(15)8-18-7-6-10(12)19(16,17)9-4-2-1-3-5-9;/h2-5,10,15H,6-8H2,(H,13,14);/q-1;/t10-,12-;/m1./s1. The molecule has 1 aliphatic heterocycles. The van der Waals surface area contributed by atoms with Crippen molar-refractivity contribution in [3.05, 3.63) is 30.3 Å². The SMILES string of the molecule is O=C(O)[C@@]1(O)COCC[C@H]1S(=O)(=O)c1cc[c-]cc1.[Y]. The maximum absolute atomic E-state index is 12.4. The molecule has 2 N–H and O–H groups in total. The molecular formula is C12H13O6SY-. The van der Waals surface area contributed by atoms with E-state index in [2.05, 4.69) is 6.07 Å². The number of carboxylic acids is 1. The van der Waals surface area contributed by atoms with Crippen LogP contribution in [0.4, 0.5) is 0 Å². The van der Waals surface area contributed by atoms with Crippen LogP contribution in [0.1, 0.15) is 6.42 Å². The molecule has 8 heteroatoms. The first-order valence-electron chi connectivity index (χ1n) is 5.62. The van der Waals surface area contributed by atoms with Gasteiger partial charge in [0.15, 0.2) is 9.84 Å². The normalized spacial score (nSPS) is 26.6. The second-order valence-electron chi connectivity index (χ2n) is 4.34. The van der Waals surface area contributed by atoms with Crippen molar-refractivity contribution in [1.29, 1.82) is 0 Å². The molecule has 0 saturated carbocycles. The van der Waals surface area contributed by atoms with E-state index < -0.39 is 33.3 Å². The molecule has 1 aromatic rings. The van der Waals surface area contributed by atoms with E-state index >= 15 is 0 Å². The number of rotatable bonds is 3. The first-order valence-corrected chi connectivity index (χ1v) is 7.17. The smallest absolute Gasteiger partial charge is 0.339 e. The monoisotopic (exact) mass is 374 g/mol. The molecule has 1 fully saturated rings. The quantitative estimate of drug-likeness (QED) is 0.715. The zero-order valence-corrected chi connectivity index (χ0v) is 14.2. The summed E-state index contributed by atoms with van der Waals surface area (Å²) < 4.78 is 29.7. The largest absolute Gasteiger partial charge is 0.479 e. The summed E-state index contributed by atoms with van der Waals surface area (Å²) in [7, 11) is -3.95. The number of benzene rings is 1. The van der Waals surface area contributed by atoms with E-state index in [0.717, 1.165) is 0 Å². The molecule has 0 amide bonds. The fourth-order valence-corrected chi connectivity index (χ4v) is 4.02. The number of sulfone groups is 1. The van der Waals surface area contributed by atoms with Crippen molar-refractivity contribution in [2.75, 3.05) is 13.2 Å². The zero-order chi connectivity index (χ0) is 14.1. The van der Waals surface area contributed by atoms with Gasteiger partial charge in [-0.2, -0.15) is 30.3 Å². The van der Waals surface area contributed by atoms with Crippen molar-refractivity contribution in [1.82, 2.24) is 0 Å². The van der Waals surface area contributed by atoms with Gasteiger partial charge in [-0.05, 0) is 11.3 Å². The minimum absolute atomic E-state index is 0. The predicted molar refractivity (Wildman–Crippen MR) is 64.3 cm³/mol. The fourth-order valence-electron chi connectivity index (χ4n) is 2.09. The summed E-state index contributed by atoms with van der Waals surface area (Å²) in [4.78, 5) is 11.1. The van der Waals surface area contributed by atoms with E-state index in [9.17, 15) is 18.3 Å². The Morgan fingerprint density at radius 3 is 2.55 bits per heavy atom. The van der Waals surface area contributed by atoms with Crippen LogP contribution in [-0.2, 0) is 52.1 Å². The fraction of sp³-hybridized carbons (Fsp3) is 0.417. The number of aliphatic carboxylic acids is 1. The molecule has 0 unspecified atom stereocenters. The van der Waals surface area contributed by atoms with Crippen LogP contribution in [0.25, 0.3) is 0 Å². The van der Waals surface area contributed by atoms with Gasteiger partial charge in [0.25, 0.3) is 0 Å². The minimum atomic E-state index is -3.95. The molecule has 107 valence electrons. The first-order chi connectivity index (χ1) is 8.89. The predicted octanol–water partition coefficient (Wildman–Crippen LogP) is -0.137. The number of hydrogen-bond acceptors (Lipinski definition) is 5. The third-order valence-corrected chi connectivity index (χ3v) is 5.44. The molecule has 1 aliphatic rings. The van der Waals surface area contributed by atoms with Crippen LogP contribution in [0, 0.1) is 6.07 Å². The van der Waals surface area contributed by atoms with Gasteiger partial charge in [-0.3, -0.25) is 0 Å². The number of ether oxygens (including phenoxy) is 1. The molecule has 1 saturated heterocycles. The number of hydrogen-bond donors (Lipinski definition) is 2. The summed E-state index contributed by atoms with van der Waals surface area (Å²) in [5.41, 5.74) is -2.42. The molecule has 20 heavy (non-hydrogen) atoms. The maximum atomic E-state index is 12.4. The van der Waals surface area contributed by atoms with Crippen LogP contribution < -0.4 is 0 Å². The van der Waals surface area contributed by atoms with Crippen molar-refractivity contribution in [2.45, 2.75) is 22.2 Å². The van der Waals surface area contributed by atoms with E-state index in [1.807, 2.05) is 0 Å². The van der Waals surface area contributed by atoms with Crippen molar-refractivity contribution in [2.24, 2.45) is 0 Å². The Balaban J connectivity index is 0.00000200. The van der Waals surface area contributed by atoms with Crippen LogP contribution in [0.2, 0.25) is 0 Å². The molecule has 0 aromatic heterocycles. The first kappa shape index (κ1) is 17.7. The Morgan fingerprint density at radius 1 is 1.40 bits per heavy atom. The Bertz CT molecular complexity index is 573. The number of carbonyl (C=O) groups is 1. The Hall–Kier alpha value is -0.336. The van der Waals surface area contributed by atoms with Gasteiger partial charge in [0.1, 0.15) is 5.25 Å². The van der Waals surface area contributed by atoms with Crippen molar-refractivity contribution in [3.8, 4) is 0 Å².